The molecule has 0 saturated heterocycles. The van der Waals surface area contributed by atoms with E-state index in [1.807, 2.05) is 60.7 Å². The number of fused-ring (bicyclic) bond motifs is 1. The van der Waals surface area contributed by atoms with Crippen LogP contribution in [0.5, 0.6) is 0 Å². The van der Waals surface area contributed by atoms with E-state index in [2.05, 4.69) is 10.3 Å². The van der Waals surface area contributed by atoms with Crippen molar-refractivity contribution in [3.05, 3.63) is 60.2 Å². The van der Waals surface area contributed by atoms with Crippen LogP contribution in [0.4, 0.5) is 0 Å². The lowest BCUT2D eigenvalue weighted by atomic mass is 10.2. The minimum absolute atomic E-state index is 0.639. The Morgan fingerprint density at radius 1 is 1.05 bits per heavy atom. The van der Waals surface area contributed by atoms with Gasteiger partial charge in [-0.2, -0.15) is 4.68 Å². The fourth-order valence-corrected chi connectivity index (χ4v) is 1.93. The normalized spacial score (nSPS) is 11.7. The van der Waals surface area contributed by atoms with Crippen molar-refractivity contribution in [2.24, 2.45) is 0 Å². The maximum absolute atomic E-state index is 5.43. The molecule has 1 aromatic heterocycles. The van der Waals surface area contributed by atoms with Crippen molar-refractivity contribution in [2.75, 3.05) is 7.11 Å². The molecule has 2 aromatic carbocycles. The lowest BCUT2D eigenvalue weighted by molar-refractivity contribution is 0.340. The second-order valence-corrected chi connectivity index (χ2v) is 4.09. The van der Waals surface area contributed by atoms with Gasteiger partial charge in [-0.05, 0) is 17.7 Å². The molecule has 19 heavy (non-hydrogen) atoms. The van der Waals surface area contributed by atoms with Crippen LogP contribution in [0.3, 0.4) is 0 Å². The summed E-state index contributed by atoms with van der Waals surface area (Å²) in [7, 11) is 1.63. The summed E-state index contributed by atoms with van der Waals surface area (Å²) in [5, 5.41) is 8.26. The third kappa shape index (κ3) is 2.20. The van der Waals surface area contributed by atoms with Crippen LogP contribution in [0.2, 0.25) is 0 Å². The molecule has 94 valence electrons. The van der Waals surface area contributed by atoms with Gasteiger partial charge in [-0.3, -0.25) is 0 Å². The summed E-state index contributed by atoms with van der Waals surface area (Å²) in [6.45, 7) is 0. The molecule has 0 aliphatic carbocycles. The van der Waals surface area contributed by atoms with Gasteiger partial charge in [-0.15, -0.1) is 5.10 Å². The Bertz CT molecular complexity index is 716. The number of ether oxygens (including phenoxy) is 1. The Kier molecular flexibility index (Phi) is 2.98. The first-order valence-corrected chi connectivity index (χ1v) is 6.00. The highest BCUT2D eigenvalue weighted by atomic mass is 16.5. The molecule has 0 saturated carbocycles. The molecule has 0 fully saturated rings. The number of hydrogen-bond donors (Lipinski definition) is 0. The average molecular weight is 251 g/mol. The quantitative estimate of drug-likeness (QED) is 0.672. The van der Waals surface area contributed by atoms with E-state index in [-0.39, 0.29) is 0 Å². The van der Waals surface area contributed by atoms with Gasteiger partial charge in [-0.1, -0.05) is 47.7 Å². The monoisotopic (exact) mass is 251 g/mol. The van der Waals surface area contributed by atoms with Crippen molar-refractivity contribution in [3.8, 4) is 0 Å². The first-order valence-electron chi connectivity index (χ1n) is 6.00. The van der Waals surface area contributed by atoms with E-state index in [1.165, 1.54) is 0 Å². The molecule has 0 atom stereocenters. The molecule has 0 N–H and O–H groups in total. The minimum atomic E-state index is 0.639. The third-order valence-corrected chi connectivity index (χ3v) is 2.86. The summed E-state index contributed by atoms with van der Waals surface area (Å²) < 4.78 is 7.13. The molecule has 0 aliphatic heterocycles. The zero-order valence-corrected chi connectivity index (χ0v) is 10.5. The van der Waals surface area contributed by atoms with Gasteiger partial charge in [0.15, 0.2) is 0 Å². The maximum Gasteiger partial charge on any atom is 0.216 e. The highest BCUT2D eigenvalue weighted by molar-refractivity contribution is 5.79. The van der Waals surface area contributed by atoms with Crippen LogP contribution in [0, 0.1) is 0 Å². The number of benzene rings is 2. The molecule has 0 amide bonds. The van der Waals surface area contributed by atoms with Crippen molar-refractivity contribution in [1.29, 1.82) is 0 Å². The number of hydrogen-bond acceptors (Lipinski definition) is 3. The van der Waals surface area contributed by atoms with Gasteiger partial charge in [0.2, 0.25) is 5.88 Å². The summed E-state index contributed by atoms with van der Waals surface area (Å²) in [5.41, 5.74) is 2.82. The molecule has 0 unspecified atom stereocenters. The zero-order chi connectivity index (χ0) is 13.1. The lowest BCUT2D eigenvalue weighted by Gasteiger charge is -2.06. The number of rotatable bonds is 3. The Balaban J connectivity index is 2.10. The Labute approximate surface area is 110 Å². The molecule has 3 aromatic rings. The van der Waals surface area contributed by atoms with Crippen LogP contribution < -0.4 is 0 Å². The van der Waals surface area contributed by atoms with Crippen LogP contribution >= 0.6 is 0 Å². The van der Waals surface area contributed by atoms with Crippen molar-refractivity contribution >= 4 is 23.0 Å². The first kappa shape index (κ1) is 11.5. The van der Waals surface area contributed by atoms with Gasteiger partial charge in [0, 0.05) is 6.08 Å². The Morgan fingerprint density at radius 2 is 1.79 bits per heavy atom. The van der Waals surface area contributed by atoms with Gasteiger partial charge < -0.3 is 4.74 Å². The van der Waals surface area contributed by atoms with Crippen molar-refractivity contribution in [1.82, 2.24) is 15.0 Å². The van der Waals surface area contributed by atoms with E-state index in [0.29, 0.717) is 5.88 Å². The van der Waals surface area contributed by atoms with Crippen LogP contribution in [0.15, 0.2) is 54.6 Å². The van der Waals surface area contributed by atoms with E-state index < -0.39 is 0 Å². The highest BCUT2D eigenvalue weighted by Gasteiger charge is 2.08. The third-order valence-electron chi connectivity index (χ3n) is 2.86. The molecular formula is C15H13N3O. The van der Waals surface area contributed by atoms with E-state index in [0.717, 1.165) is 16.6 Å². The number of methoxy groups -OCH3 is 1. The highest BCUT2D eigenvalue weighted by Crippen LogP contribution is 2.17. The second-order valence-electron chi connectivity index (χ2n) is 4.09. The number of nitrogens with zero attached hydrogens (tertiary/aromatic N) is 3. The number of aromatic nitrogens is 3. The Morgan fingerprint density at radius 3 is 2.58 bits per heavy atom. The molecule has 1 heterocycles. The van der Waals surface area contributed by atoms with Gasteiger partial charge in [0.1, 0.15) is 5.52 Å². The predicted octanol–water partition coefficient (Wildman–Crippen LogP) is 3.03. The van der Waals surface area contributed by atoms with Crippen LogP contribution in [0.25, 0.3) is 23.0 Å². The maximum atomic E-state index is 5.43. The van der Waals surface area contributed by atoms with Gasteiger partial charge in [-0.25, -0.2) is 0 Å². The average Bonchev–Trinajstić information content (AvgIpc) is 2.90. The smallest absolute Gasteiger partial charge is 0.216 e. The predicted molar refractivity (Wildman–Crippen MR) is 75.1 cm³/mol. The Hall–Kier alpha value is -2.62. The summed E-state index contributed by atoms with van der Waals surface area (Å²) >= 11 is 0. The summed E-state index contributed by atoms with van der Waals surface area (Å²) in [6.07, 6.45) is 1.93. The first-order chi connectivity index (χ1) is 9.38. The molecule has 3 rings (SSSR count). The van der Waals surface area contributed by atoms with Gasteiger partial charge in [0.05, 0.1) is 12.6 Å². The van der Waals surface area contributed by atoms with E-state index in [1.54, 1.807) is 11.8 Å². The fourth-order valence-electron chi connectivity index (χ4n) is 1.93. The number of para-hydroxylation sites is 1. The molecule has 0 spiro atoms. The standard InChI is InChI=1S/C15H13N3O/c1-19-15(11-12-7-3-2-4-8-12)18-14-10-6-5-9-13(14)16-17-18/h2-11H,1H3/b15-11-. The van der Waals surface area contributed by atoms with Crippen molar-refractivity contribution in [2.45, 2.75) is 0 Å². The SMILES string of the molecule is CO/C(=C\c1ccccc1)n1nnc2ccccc21. The summed E-state index contributed by atoms with van der Waals surface area (Å²) in [6, 6.07) is 17.8. The fraction of sp³-hybridized carbons (Fsp3) is 0.0667. The van der Waals surface area contributed by atoms with Gasteiger partial charge >= 0.3 is 0 Å². The molecule has 0 aliphatic rings. The van der Waals surface area contributed by atoms with Gasteiger partial charge in [0.25, 0.3) is 0 Å². The largest absolute Gasteiger partial charge is 0.481 e. The summed E-state index contributed by atoms with van der Waals surface area (Å²) in [4.78, 5) is 0. The zero-order valence-electron chi connectivity index (χ0n) is 10.5. The van der Waals surface area contributed by atoms with Crippen LogP contribution in [-0.2, 0) is 4.74 Å². The topological polar surface area (TPSA) is 39.9 Å². The lowest BCUT2D eigenvalue weighted by Crippen LogP contribution is -2.01. The van der Waals surface area contributed by atoms with E-state index in [9.17, 15) is 0 Å². The molecule has 4 heteroatoms. The van der Waals surface area contributed by atoms with E-state index in [4.69, 9.17) is 4.74 Å². The van der Waals surface area contributed by atoms with Crippen molar-refractivity contribution < 1.29 is 4.74 Å². The molecule has 0 bridgehead atoms. The van der Waals surface area contributed by atoms with Crippen LogP contribution in [-0.4, -0.2) is 22.1 Å². The second kappa shape index (κ2) is 4.94. The summed E-state index contributed by atoms with van der Waals surface area (Å²) in [5.74, 6) is 0.639. The van der Waals surface area contributed by atoms with Crippen molar-refractivity contribution in [3.63, 3.8) is 0 Å². The minimum Gasteiger partial charge on any atom is -0.481 e. The van der Waals surface area contributed by atoms with E-state index >= 15 is 0 Å². The van der Waals surface area contributed by atoms with Crippen LogP contribution in [0.1, 0.15) is 5.56 Å². The molecule has 4 nitrogen and oxygen atoms in total. The molecular weight excluding hydrogens is 238 g/mol. The molecule has 0 radical (unpaired) electrons.